The summed E-state index contributed by atoms with van der Waals surface area (Å²) in [7, 11) is 0. The van der Waals surface area contributed by atoms with Gasteiger partial charge >= 0.3 is 0 Å². The SMILES string of the molecule is CC(N)Cc1c(N2CCOC(C)(C)C2)nc2sccn12. The molecule has 1 aliphatic heterocycles. The van der Waals surface area contributed by atoms with E-state index in [-0.39, 0.29) is 11.6 Å². The maximum Gasteiger partial charge on any atom is 0.195 e. The number of nitrogens with two attached hydrogens (primary N) is 1. The molecule has 0 aliphatic carbocycles. The first-order chi connectivity index (χ1) is 9.46. The summed E-state index contributed by atoms with van der Waals surface area (Å²) in [5.74, 6) is 1.07. The van der Waals surface area contributed by atoms with Crippen LogP contribution in [0.25, 0.3) is 4.96 Å². The Hall–Kier alpha value is -1.11. The van der Waals surface area contributed by atoms with Gasteiger partial charge in [-0.1, -0.05) is 0 Å². The summed E-state index contributed by atoms with van der Waals surface area (Å²) in [5, 5.41) is 2.07. The second-order valence-corrected chi connectivity index (χ2v) is 7.02. The highest BCUT2D eigenvalue weighted by molar-refractivity contribution is 7.15. The second kappa shape index (κ2) is 5.02. The van der Waals surface area contributed by atoms with E-state index in [1.54, 1.807) is 11.3 Å². The molecule has 1 aliphatic rings. The fourth-order valence-electron chi connectivity index (χ4n) is 2.77. The van der Waals surface area contributed by atoms with Gasteiger partial charge < -0.3 is 15.4 Å². The van der Waals surface area contributed by atoms with Crippen LogP contribution in [0.15, 0.2) is 11.6 Å². The van der Waals surface area contributed by atoms with Crippen LogP contribution in [0, 0.1) is 0 Å². The van der Waals surface area contributed by atoms with Crippen molar-refractivity contribution in [2.45, 2.75) is 38.8 Å². The third-order valence-corrected chi connectivity index (χ3v) is 4.34. The van der Waals surface area contributed by atoms with Gasteiger partial charge in [0.25, 0.3) is 0 Å². The number of fused-ring (bicyclic) bond motifs is 1. The molecule has 0 bridgehead atoms. The molecule has 1 saturated heterocycles. The quantitative estimate of drug-likeness (QED) is 0.939. The Balaban J connectivity index is 1.99. The number of ether oxygens (including phenoxy) is 1. The minimum Gasteiger partial charge on any atom is -0.372 e. The molecule has 0 radical (unpaired) electrons. The lowest BCUT2D eigenvalue weighted by Crippen LogP contribution is -2.48. The van der Waals surface area contributed by atoms with Gasteiger partial charge in [-0.3, -0.25) is 4.40 Å². The van der Waals surface area contributed by atoms with E-state index in [9.17, 15) is 0 Å². The van der Waals surface area contributed by atoms with Crippen LogP contribution in [0.1, 0.15) is 26.5 Å². The summed E-state index contributed by atoms with van der Waals surface area (Å²) >= 11 is 1.67. The normalized spacial score (nSPS) is 20.5. The number of aromatic nitrogens is 2. The van der Waals surface area contributed by atoms with E-state index in [1.807, 2.05) is 6.92 Å². The van der Waals surface area contributed by atoms with E-state index in [0.29, 0.717) is 0 Å². The average molecular weight is 294 g/mol. The Morgan fingerprint density at radius 1 is 1.55 bits per heavy atom. The lowest BCUT2D eigenvalue weighted by atomic mass is 10.1. The largest absolute Gasteiger partial charge is 0.372 e. The number of hydrogen-bond donors (Lipinski definition) is 1. The summed E-state index contributed by atoms with van der Waals surface area (Å²) < 4.78 is 7.97. The number of imidazole rings is 1. The number of rotatable bonds is 3. The molecule has 0 saturated carbocycles. The van der Waals surface area contributed by atoms with E-state index in [4.69, 9.17) is 15.5 Å². The maximum atomic E-state index is 6.01. The van der Waals surface area contributed by atoms with Crippen molar-refractivity contribution >= 4 is 22.1 Å². The van der Waals surface area contributed by atoms with Crippen molar-refractivity contribution in [1.82, 2.24) is 9.38 Å². The molecule has 2 N–H and O–H groups in total. The van der Waals surface area contributed by atoms with Gasteiger partial charge in [0.15, 0.2) is 10.8 Å². The molecule has 2 aromatic heterocycles. The fraction of sp³-hybridized carbons (Fsp3) is 0.643. The lowest BCUT2D eigenvalue weighted by molar-refractivity contribution is -0.0279. The average Bonchev–Trinajstić information content (AvgIpc) is 2.90. The van der Waals surface area contributed by atoms with E-state index >= 15 is 0 Å². The standard InChI is InChI=1S/C14H22N4OS/c1-10(15)8-11-12(16-13-18(11)5-7-20-13)17-4-6-19-14(2,3)9-17/h5,7,10H,4,6,8-9,15H2,1-3H3. The summed E-state index contributed by atoms with van der Waals surface area (Å²) in [4.78, 5) is 8.19. The maximum absolute atomic E-state index is 6.01. The molecule has 6 heteroatoms. The predicted octanol–water partition coefficient (Wildman–Crippen LogP) is 1.90. The first-order valence-electron chi connectivity index (χ1n) is 7.05. The lowest BCUT2D eigenvalue weighted by Gasteiger charge is -2.38. The Bertz CT molecular complexity index is 601. The zero-order valence-corrected chi connectivity index (χ0v) is 13.1. The van der Waals surface area contributed by atoms with Crippen molar-refractivity contribution in [2.75, 3.05) is 24.6 Å². The van der Waals surface area contributed by atoms with Gasteiger partial charge in [-0.15, -0.1) is 11.3 Å². The topological polar surface area (TPSA) is 55.8 Å². The van der Waals surface area contributed by atoms with Crippen LogP contribution in [0.2, 0.25) is 0 Å². The zero-order chi connectivity index (χ0) is 14.3. The summed E-state index contributed by atoms with van der Waals surface area (Å²) in [6.45, 7) is 8.80. The van der Waals surface area contributed by atoms with E-state index in [2.05, 4.69) is 34.7 Å². The van der Waals surface area contributed by atoms with E-state index in [0.717, 1.165) is 36.9 Å². The summed E-state index contributed by atoms with van der Waals surface area (Å²) in [6.07, 6.45) is 2.92. The molecule has 20 heavy (non-hydrogen) atoms. The van der Waals surface area contributed by atoms with Crippen molar-refractivity contribution in [3.63, 3.8) is 0 Å². The van der Waals surface area contributed by atoms with Crippen LogP contribution in [-0.2, 0) is 11.2 Å². The fourth-order valence-corrected chi connectivity index (χ4v) is 3.49. The van der Waals surface area contributed by atoms with Gasteiger partial charge in [-0.05, 0) is 20.8 Å². The number of hydrogen-bond acceptors (Lipinski definition) is 5. The Morgan fingerprint density at radius 3 is 3.05 bits per heavy atom. The first-order valence-corrected chi connectivity index (χ1v) is 7.93. The van der Waals surface area contributed by atoms with Gasteiger partial charge in [0.05, 0.1) is 17.9 Å². The van der Waals surface area contributed by atoms with Gasteiger partial charge in [0, 0.05) is 37.1 Å². The second-order valence-electron chi connectivity index (χ2n) is 6.15. The minimum atomic E-state index is -0.124. The molecule has 1 unspecified atom stereocenters. The third kappa shape index (κ3) is 2.55. The number of thiazole rings is 1. The molecule has 0 aromatic carbocycles. The van der Waals surface area contributed by atoms with E-state index in [1.165, 1.54) is 5.69 Å². The minimum absolute atomic E-state index is 0.124. The molecule has 2 aromatic rings. The van der Waals surface area contributed by atoms with Crippen molar-refractivity contribution in [2.24, 2.45) is 5.73 Å². The molecular formula is C14H22N4OS. The number of nitrogens with zero attached hydrogens (tertiary/aromatic N) is 3. The van der Waals surface area contributed by atoms with Gasteiger partial charge in [0.1, 0.15) is 0 Å². The predicted molar refractivity (Wildman–Crippen MR) is 82.7 cm³/mol. The van der Waals surface area contributed by atoms with Gasteiger partial charge in [-0.25, -0.2) is 4.98 Å². The molecule has 110 valence electrons. The van der Waals surface area contributed by atoms with Crippen LogP contribution in [0.3, 0.4) is 0 Å². The van der Waals surface area contributed by atoms with Crippen LogP contribution in [-0.4, -0.2) is 40.7 Å². The number of anilines is 1. The Labute approximate surface area is 123 Å². The Morgan fingerprint density at radius 2 is 2.35 bits per heavy atom. The molecule has 1 fully saturated rings. The summed E-state index contributed by atoms with van der Waals surface area (Å²) in [5.41, 5.74) is 7.11. The zero-order valence-electron chi connectivity index (χ0n) is 12.3. The highest BCUT2D eigenvalue weighted by Crippen LogP contribution is 2.29. The molecule has 1 atom stereocenters. The van der Waals surface area contributed by atoms with Crippen molar-refractivity contribution in [3.8, 4) is 0 Å². The molecule has 0 amide bonds. The third-order valence-electron chi connectivity index (χ3n) is 3.58. The van der Waals surface area contributed by atoms with Crippen LogP contribution in [0.4, 0.5) is 5.82 Å². The van der Waals surface area contributed by atoms with Gasteiger partial charge in [-0.2, -0.15) is 0 Å². The van der Waals surface area contributed by atoms with E-state index < -0.39 is 0 Å². The molecule has 5 nitrogen and oxygen atoms in total. The molecule has 3 rings (SSSR count). The highest BCUT2D eigenvalue weighted by Gasteiger charge is 2.30. The monoisotopic (exact) mass is 294 g/mol. The van der Waals surface area contributed by atoms with Crippen molar-refractivity contribution in [3.05, 3.63) is 17.3 Å². The molecule has 0 spiro atoms. The van der Waals surface area contributed by atoms with Crippen molar-refractivity contribution in [1.29, 1.82) is 0 Å². The van der Waals surface area contributed by atoms with Crippen LogP contribution in [0.5, 0.6) is 0 Å². The molecule has 3 heterocycles. The van der Waals surface area contributed by atoms with Gasteiger partial charge in [0.2, 0.25) is 0 Å². The summed E-state index contributed by atoms with van der Waals surface area (Å²) in [6, 6.07) is 0.127. The number of morpholine rings is 1. The Kier molecular flexibility index (Phi) is 3.48. The molecular weight excluding hydrogens is 272 g/mol. The smallest absolute Gasteiger partial charge is 0.195 e. The highest BCUT2D eigenvalue weighted by atomic mass is 32.1. The first kappa shape index (κ1) is 13.9. The van der Waals surface area contributed by atoms with Crippen LogP contribution >= 0.6 is 11.3 Å². The van der Waals surface area contributed by atoms with Crippen LogP contribution < -0.4 is 10.6 Å². The van der Waals surface area contributed by atoms with Crippen molar-refractivity contribution < 1.29 is 4.74 Å².